The molecular formula is C13H13N3O3. The third kappa shape index (κ3) is 2.85. The maximum atomic E-state index is 11.9. The Labute approximate surface area is 109 Å². The monoisotopic (exact) mass is 259 g/mol. The van der Waals surface area contributed by atoms with Crippen LogP contribution >= 0.6 is 0 Å². The molecule has 6 nitrogen and oxygen atoms in total. The highest BCUT2D eigenvalue weighted by Crippen LogP contribution is 2.11. The second-order valence-electron chi connectivity index (χ2n) is 4.03. The van der Waals surface area contributed by atoms with E-state index in [0.717, 1.165) is 0 Å². The van der Waals surface area contributed by atoms with Crippen LogP contribution in [0.5, 0.6) is 0 Å². The Hall–Kier alpha value is -2.50. The summed E-state index contributed by atoms with van der Waals surface area (Å²) in [4.78, 5) is 31.0. The highest BCUT2D eigenvalue weighted by atomic mass is 16.4. The van der Waals surface area contributed by atoms with Gasteiger partial charge in [0.25, 0.3) is 5.91 Å². The van der Waals surface area contributed by atoms with Crippen molar-refractivity contribution in [1.82, 2.24) is 15.3 Å². The lowest BCUT2D eigenvalue weighted by atomic mass is 10.1. The van der Waals surface area contributed by atoms with Gasteiger partial charge in [-0.2, -0.15) is 0 Å². The molecule has 1 aromatic heterocycles. The Morgan fingerprint density at radius 3 is 2.58 bits per heavy atom. The van der Waals surface area contributed by atoms with Crippen molar-refractivity contribution < 1.29 is 14.7 Å². The van der Waals surface area contributed by atoms with Crippen LogP contribution in [0.2, 0.25) is 0 Å². The van der Waals surface area contributed by atoms with Gasteiger partial charge in [0, 0.05) is 18.0 Å². The smallest absolute Gasteiger partial charge is 0.326 e. The molecule has 98 valence electrons. The number of amides is 1. The van der Waals surface area contributed by atoms with Crippen molar-refractivity contribution in [2.75, 3.05) is 0 Å². The Balaban J connectivity index is 2.24. The number of carboxylic acids is 1. The summed E-state index contributed by atoms with van der Waals surface area (Å²) >= 11 is 0. The summed E-state index contributed by atoms with van der Waals surface area (Å²) in [6.07, 6.45) is 3.43. The lowest BCUT2D eigenvalue weighted by Gasteiger charge is -2.12. The molecule has 0 radical (unpaired) electrons. The van der Waals surface area contributed by atoms with E-state index >= 15 is 0 Å². The molecule has 2 rings (SSSR count). The molecule has 0 spiro atoms. The van der Waals surface area contributed by atoms with Gasteiger partial charge in [0.2, 0.25) is 0 Å². The Kier molecular flexibility index (Phi) is 3.70. The largest absolute Gasteiger partial charge is 0.480 e. The second-order valence-corrected chi connectivity index (χ2v) is 4.03. The molecule has 6 heteroatoms. The van der Waals surface area contributed by atoms with E-state index in [0.29, 0.717) is 23.0 Å². The maximum absolute atomic E-state index is 11.9. The van der Waals surface area contributed by atoms with Crippen LogP contribution in [0, 0.1) is 0 Å². The number of hydrogen-bond acceptors (Lipinski definition) is 4. The van der Waals surface area contributed by atoms with Gasteiger partial charge in [0.1, 0.15) is 6.04 Å². The normalized spacial score (nSPS) is 12.1. The van der Waals surface area contributed by atoms with E-state index in [9.17, 15) is 9.59 Å². The number of carboxylic acid groups (broad SMARTS) is 1. The van der Waals surface area contributed by atoms with Crippen LogP contribution in [0.3, 0.4) is 0 Å². The average molecular weight is 259 g/mol. The predicted octanol–water partition coefficient (Wildman–Crippen LogP) is 1.22. The lowest BCUT2D eigenvalue weighted by molar-refractivity contribution is -0.139. The quantitative estimate of drug-likeness (QED) is 0.861. The Morgan fingerprint density at radius 2 is 1.95 bits per heavy atom. The number of aliphatic carboxylic acids is 1. The number of benzene rings is 1. The number of nitrogens with one attached hydrogen (secondary N) is 1. The summed E-state index contributed by atoms with van der Waals surface area (Å²) in [7, 11) is 0. The minimum Gasteiger partial charge on any atom is -0.480 e. The molecule has 1 aromatic carbocycles. The first-order valence-electron chi connectivity index (χ1n) is 5.86. The first-order chi connectivity index (χ1) is 9.11. The molecule has 2 N–H and O–H groups in total. The zero-order valence-corrected chi connectivity index (χ0v) is 10.3. The van der Waals surface area contributed by atoms with E-state index in [2.05, 4.69) is 15.3 Å². The molecule has 0 aliphatic rings. The van der Waals surface area contributed by atoms with Crippen LogP contribution in [0.15, 0.2) is 30.6 Å². The Bertz CT molecular complexity index is 627. The first kappa shape index (κ1) is 12.9. The summed E-state index contributed by atoms with van der Waals surface area (Å²) in [5.74, 6) is -1.47. The van der Waals surface area contributed by atoms with Crippen molar-refractivity contribution in [2.24, 2.45) is 0 Å². The van der Waals surface area contributed by atoms with Crippen molar-refractivity contribution in [1.29, 1.82) is 0 Å². The molecule has 1 heterocycles. The fourth-order valence-corrected chi connectivity index (χ4v) is 1.68. The zero-order chi connectivity index (χ0) is 13.8. The van der Waals surface area contributed by atoms with E-state index in [-0.39, 0.29) is 0 Å². The molecule has 0 bridgehead atoms. The summed E-state index contributed by atoms with van der Waals surface area (Å²) in [6.45, 7) is 1.70. The van der Waals surface area contributed by atoms with Gasteiger partial charge in [0.05, 0.1) is 11.0 Å². The number of aromatic nitrogens is 2. The summed E-state index contributed by atoms with van der Waals surface area (Å²) < 4.78 is 0. The van der Waals surface area contributed by atoms with Crippen molar-refractivity contribution >= 4 is 22.9 Å². The highest BCUT2D eigenvalue weighted by molar-refractivity contribution is 5.99. The van der Waals surface area contributed by atoms with Crippen LogP contribution in [0.25, 0.3) is 11.0 Å². The van der Waals surface area contributed by atoms with Crippen LogP contribution in [-0.4, -0.2) is 33.0 Å². The zero-order valence-electron chi connectivity index (χ0n) is 10.3. The summed E-state index contributed by atoms with van der Waals surface area (Å²) in [6, 6.07) is 3.98. The van der Waals surface area contributed by atoms with Gasteiger partial charge in [0.15, 0.2) is 0 Å². The van der Waals surface area contributed by atoms with Gasteiger partial charge in [-0.15, -0.1) is 0 Å². The van der Waals surface area contributed by atoms with Crippen LogP contribution in [-0.2, 0) is 4.79 Å². The number of hydrogen-bond donors (Lipinski definition) is 2. The predicted molar refractivity (Wildman–Crippen MR) is 68.7 cm³/mol. The number of rotatable bonds is 4. The van der Waals surface area contributed by atoms with E-state index in [1.54, 1.807) is 31.3 Å². The third-order valence-electron chi connectivity index (χ3n) is 2.74. The molecule has 19 heavy (non-hydrogen) atoms. The topological polar surface area (TPSA) is 92.2 Å². The van der Waals surface area contributed by atoms with Gasteiger partial charge >= 0.3 is 5.97 Å². The molecule has 1 atom stereocenters. The minimum atomic E-state index is -1.04. The maximum Gasteiger partial charge on any atom is 0.326 e. The van der Waals surface area contributed by atoms with Crippen molar-refractivity contribution in [3.8, 4) is 0 Å². The average Bonchev–Trinajstić information content (AvgIpc) is 2.43. The molecule has 1 amide bonds. The fraction of sp³-hybridized carbons (Fsp3) is 0.231. The highest BCUT2D eigenvalue weighted by Gasteiger charge is 2.18. The molecule has 1 unspecified atom stereocenters. The summed E-state index contributed by atoms with van der Waals surface area (Å²) in [5.41, 5.74) is 1.65. The molecule has 0 fully saturated rings. The molecule has 0 saturated heterocycles. The molecule has 0 aliphatic carbocycles. The van der Waals surface area contributed by atoms with Gasteiger partial charge in [-0.25, -0.2) is 4.79 Å². The molecule has 0 aliphatic heterocycles. The standard InChI is InChI=1S/C13H13N3O3/c1-2-9(13(18)19)16-12(17)8-3-4-10-11(7-8)15-6-5-14-10/h3-7,9H,2H2,1H3,(H,16,17)(H,18,19). The van der Waals surface area contributed by atoms with Crippen molar-refractivity contribution in [3.63, 3.8) is 0 Å². The van der Waals surface area contributed by atoms with Crippen LogP contribution in [0.1, 0.15) is 23.7 Å². The van der Waals surface area contributed by atoms with Crippen molar-refractivity contribution in [3.05, 3.63) is 36.2 Å². The van der Waals surface area contributed by atoms with E-state index in [1.807, 2.05) is 0 Å². The van der Waals surface area contributed by atoms with E-state index in [1.165, 1.54) is 6.20 Å². The first-order valence-corrected chi connectivity index (χ1v) is 5.86. The van der Waals surface area contributed by atoms with Crippen LogP contribution < -0.4 is 5.32 Å². The number of nitrogens with zero attached hydrogens (tertiary/aromatic N) is 2. The molecular weight excluding hydrogens is 246 g/mol. The van der Waals surface area contributed by atoms with E-state index < -0.39 is 17.9 Å². The number of carbonyl (C=O) groups is 2. The summed E-state index contributed by atoms with van der Waals surface area (Å²) in [5, 5.41) is 11.4. The minimum absolute atomic E-state index is 0.328. The van der Waals surface area contributed by atoms with Gasteiger partial charge in [-0.05, 0) is 24.6 Å². The molecule has 2 aromatic rings. The van der Waals surface area contributed by atoms with E-state index in [4.69, 9.17) is 5.11 Å². The van der Waals surface area contributed by atoms with Crippen molar-refractivity contribution in [2.45, 2.75) is 19.4 Å². The van der Waals surface area contributed by atoms with Gasteiger partial charge < -0.3 is 10.4 Å². The SMILES string of the molecule is CCC(NC(=O)c1ccc2nccnc2c1)C(=O)O. The molecule has 0 saturated carbocycles. The van der Waals surface area contributed by atoms with Crippen LogP contribution in [0.4, 0.5) is 0 Å². The number of carbonyl (C=O) groups excluding carboxylic acids is 1. The Morgan fingerprint density at radius 1 is 1.26 bits per heavy atom. The fourth-order valence-electron chi connectivity index (χ4n) is 1.68. The van der Waals surface area contributed by atoms with Gasteiger partial charge in [-0.3, -0.25) is 14.8 Å². The lowest BCUT2D eigenvalue weighted by Crippen LogP contribution is -2.40. The second kappa shape index (κ2) is 5.43. The van der Waals surface area contributed by atoms with Gasteiger partial charge in [-0.1, -0.05) is 6.92 Å². The third-order valence-corrected chi connectivity index (χ3v) is 2.74. The number of fused-ring (bicyclic) bond motifs is 1.